The Morgan fingerprint density at radius 3 is 2.59 bits per heavy atom. The summed E-state index contributed by atoms with van der Waals surface area (Å²) in [5.41, 5.74) is -0.826. The Labute approximate surface area is 101 Å². The van der Waals surface area contributed by atoms with Crippen LogP contribution in [0.15, 0.2) is 12.2 Å². The summed E-state index contributed by atoms with van der Waals surface area (Å²) in [6.07, 6.45) is 3.45. The summed E-state index contributed by atoms with van der Waals surface area (Å²) in [6.45, 7) is 7.48. The maximum atomic E-state index is 11.6. The van der Waals surface area contributed by atoms with Crippen LogP contribution >= 0.6 is 0 Å². The molecule has 2 rings (SSSR count). The highest BCUT2D eigenvalue weighted by Crippen LogP contribution is 2.49. The van der Waals surface area contributed by atoms with Crippen molar-refractivity contribution in [1.82, 2.24) is 0 Å². The van der Waals surface area contributed by atoms with E-state index in [0.29, 0.717) is 0 Å². The number of fused-ring (bicyclic) bond motifs is 1. The number of hydrogen-bond acceptors (Lipinski definition) is 4. The lowest BCUT2D eigenvalue weighted by atomic mass is 9.67. The molecule has 0 aromatic carbocycles. The summed E-state index contributed by atoms with van der Waals surface area (Å²) in [5.74, 6) is -0.656. The minimum Gasteiger partial charge on any atom is -0.461 e. The smallest absolute Gasteiger partial charge is 0.314 e. The second kappa shape index (κ2) is 3.59. The molecule has 2 aliphatic rings. The van der Waals surface area contributed by atoms with Gasteiger partial charge in [0, 0.05) is 5.41 Å². The number of rotatable bonds is 2. The first-order chi connectivity index (χ1) is 7.75. The molecule has 3 atom stereocenters. The Hall–Kier alpha value is -1.32. The lowest BCUT2D eigenvalue weighted by Crippen LogP contribution is -2.40. The first-order valence-electron chi connectivity index (χ1n) is 5.82. The summed E-state index contributed by atoms with van der Waals surface area (Å²) < 4.78 is 10.4. The van der Waals surface area contributed by atoms with E-state index in [2.05, 4.69) is 0 Å². The van der Waals surface area contributed by atoms with Gasteiger partial charge in [-0.05, 0) is 20.8 Å². The molecule has 0 bridgehead atoms. The molecule has 0 aromatic heterocycles. The molecule has 0 saturated carbocycles. The lowest BCUT2D eigenvalue weighted by molar-refractivity contribution is -0.160. The Morgan fingerprint density at radius 1 is 1.53 bits per heavy atom. The van der Waals surface area contributed by atoms with Gasteiger partial charge in [-0.25, -0.2) is 0 Å². The molecule has 0 N–H and O–H groups in total. The van der Waals surface area contributed by atoms with Crippen LogP contribution in [0.25, 0.3) is 0 Å². The number of carbonyl (C=O) groups excluding carboxylic acids is 2. The molecule has 94 valence electrons. The molecule has 0 radical (unpaired) electrons. The normalized spacial score (nSPS) is 34.9. The minimum absolute atomic E-state index is 0.138. The van der Waals surface area contributed by atoms with Crippen molar-refractivity contribution in [3.8, 4) is 0 Å². The second-order valence-corrected chi connectivity index (χ2v) is 5.98. The van der Waals surface area contributed by atoms with Gasteiger partial charge in [-0.3, -0.25) is 9.59 Å². The first kappa shape index (κ1) is 12.1. The van der Waals surface area contributed by atoms with Gasteiger partial charge in [-0.1, -0.05) is 19.1 Å². The summed E-state index contributed by atoms with van der Waals surface area (Å²) in [7, 11) is 0. The van der Waals surface area contributed by atoms with Gasteiger partial charge in [-0.15, -0.1) is 0 Å². The molecule has 1 aliphatic carbocycles. The van der Waals surface area contributed by atoms with E-state index in [0.717, 1.165) is 0 Å². The third-order valence-electron chi connectivity index (χ3n) is 3.50. The van der Waals surface area contributed by atoms with Crippen molar-refractivity contribution in [2.75, 3.05) is 6.61 Å². The average Bonchev–Trinajstić information content (AvgIpc) is 2.33. The van der Waals surface area contributed by atoms with E-state index < -0.39 is 5.41 Å². The molecular weight excluding hydrogens is 220 g/mol. The van der Waals surface area contributed by atoms with Gasteiger partial charge in [0.15, 0.2) is 0 Å². The van der Waals surface area contributed by atoms with E-state index in [1.165, 1.54) is 0 Å². The maximum Gasteiger partial charge on any atom is 0.314 e. The molecule has 4 nitrogen and oxygen atoms in total. The number of carbonyl (C=O) groups is 2. The molecule has 0 amide bonds. The van der Waals surface area contributed by atoms with Crippen LogP contribution in [-0.2, 0) is 19.1 Å². The molecule has 0 unspecified atom stereocenters. The number of ether oxygens (including phenoxy) is 2. The quantitative estimate of drug-likeness (QED) is 0.542. The fraction of sp³-hybridized carbons (Fsp3) is 0.692. The fourth-order valence-electron chi connectivity index (χ4n) is 2.06. The van der Waals surface area contributed by atoms with Crippen LogP contribution in [0.1, 0.15) is 27.7 Å². The van der Waals surface area contributed by atoms with E-state index in [1.807, 2.05) is 19.1 Å². The predicted molar refractivity (Wildman–Crippen MR) is 61.0 cm³/mol. The van der Waals surface area contributed by atoms with E-state index in [-0.39, 0.29) is 36.0 Å². The van der Waals surface area contributed by atoms with E-state index in [9.17, 15) is 9.59 Å². The van der Waals surface area contributed by atoms with Gasteiger partial charge in [0.1, 0.15) is 12.7 Å². The summed E-state index contributed by atoms with van der Waals surface area (Å²) in [4.78, 5) is 23.1. The standard InChI is InChI=1S/C13H18O4/c1-12(2,3)11(15)16-7-9-13(4)6-5-8(13)10(14)17-9/h5-6,8-9H,7H2,1-4H3/t8-,9-,13-/m1/s1. The van der Waals surface area contributed by atoms with E-state index in [1.54, 1.807) is 20.8 Å². The molecule has 0 spiro atoms. The van der Waals surface area contributed by atoms with E-state index >= 15 is 0 Å². The molecule has 1 heterocycles. The van der Waals surface area contributed by atoms with Crippen LogP contribution in [0.4, 0.5) is 0 Å². The summed E-state index contributed by atoms with van der Waals surface area (Å²) >= 11 is 0. The number of cyclic esters (lactones) is 1. The van der Waals surface area contributed by atoms with Crippen molar-refractivity contribution in [2.45, 2.75) is 33.8 Å². The third-order valence-corrected chi connectivity index (χ3v) is 3.50. The van der Waals surface area contributed by atoms with Crippen LogP contribution in [0.5, 0.6) is 0 Å². The molecule has 0 aromatic rings. The predicted octanol–water partition coefficient (Wildman–Crippen LogP) is 1.69. The van der Waals surface area contributed by atoms with Crippen LogP contribution < -0.4 is 0 Å². The van der Waals surface area contributed by atoms with Crippen LogP contribution in [-0.4, -0.2) is 24.6 Å². The zero-order chi connectivity index (χ0) is 12.8. The Bertz CT molecular complexity index is 391. The van der Waals surface area contributed by atoms with Crippen molar-refractivity contribution < 1.29 is 19.1 Å². The van der Waals surface area contributed by atoms with Gasteiger partial charge in [-0.2, -0.15) is 0 Å². The first-order valence-corrected chi connectivity index (χ1v) is 5.82. The molecular formula is C13H18O4. The topological polar surface area (TPSA) is 52.6 Å². The van der Waals surface area contributed by atoms with Crippen LogP contribution in [0.2, 0.25) is 0 Å². The lowest BCUT2D eigenvalue weighted by Gasteiger charge is -2.34. The zero-order valence-electron chi connectivity index (χ0n) is 10.6. The molecule has 1 saturated heterocycles. The summed E-state index contributed by atoms with van der Waals surface area (Å²) in [5, 5.41) is 0. The Balaban J connectivity index is 1.96. The highest BCUT2D eigenvalue weighted by atomic mass is 16.6. The van der Waals surface area contributed by atoms with Crippen molar-refractivity contribution >= 4 is 11.9 Å². The minimum atomic E-state index is -0.529. The van der Waals surface area contributed by atoms with Crippen molar-refractivity contribution in [2.24, 2.45) is 16.7 Å². The van der Waals surface area contributed by atoms with Crippen molar-refractivity contribution in [3.05, 3.63) is 12.2 Å². The number of hydrogen-bond donors (Lipinski definition) is 0. The molecule has 1 aliphatic heterocycles. The van der Waals surface area contributed by atoms with Crippen LogP contribution in [0.3, 0.4) is 0 Å². The van der Waals surface area contributed by atoms with Gasteiger partial charge in [0.25, 0.3) is 0 Å². The van der Waals surface area contributed by atoms with Crippen molar-refractivity contribution in [1.29, 1.82) is 0 Å². The maximum absolute atomic E-state index is 11.6. The molecule has 1 fully saturated rings. The molecule has 4 heteroatoms. The zero-order valence-corrected chi connectivity index (χ0v) is 10.6. The highest BCUT2D eigenvalue weighted by molar-refractivity contribution is 5.81. The van der Waals surface area contributed by atoms with Crippen LogP contribution in [0, 0.1) is 16.7 Å². The van der Waals surface area contributed by atoms with E-state index in [4.69, 9.17) is 9.47 Å². The van der Waals surface area contributed by atoms with Gasteiger partial charge in [0.05, 0.1) is 11.3 Å². The summed E-state index contributed by atoms with van der Waals surface area (Å²) in [6, 6.07) is 0. The number of esters is 2. The monoisotopic (exact) mass is 238 g/mol. The van der Waals surface area contributed by atoms with Gasteiger partial charge < -0.3 is 9.47 Å². The fourth-order valence-corrected chi connectivity index (χ4v) is 2.06. The second-order valence-electron chi connectivity index (χ2n) is 5.98. The van der Waals surface area contributed by atoms with Gasteiger partial charge in [0.2, 0.25) is 0 Å². The Kier molecular flexibility index (Phi) is 2.56. The Morgan fingerprint density at radius 2 is 2.18 bits per heavy atom. The SMILES string of the molecule is CC(C)(C)C(=O)OC[C@H]1OC(=O)[C@H]2C=C[C@]21C. The third kappa shape index (κ3) is 1.85. The largest absolute Gasteiger partial charge is 0.461 e. The molecule has 17 heavy (non-hydrogen) atoms. The van der Waals surface area contributed by atoms with Gasteiger partial charge >= 0.3 is 11.9 Å². The highest BCUT2D eigenvalue weighted by Gasteiger charge is 2.56. The average molecular weight is 238 g/mol. The van der Waals surface area contributed by atoms with Crippen molar-refractivity contribution in [3.63, 3.8) is 0 Å².